The molecule has 2 N–H and O–H groups in total. The molecule has 0 fully saturated rings. The smallest absolute Gasteiger partial charge is 0.242 e. The number of benzene rings is 1. The number of aromatic amines is 1. The third kappa shape index (κ3) is 2.05. The third-order valence-electron chi connectivity index (χ3n) is 1.71. The summed E-state index contributed by atoms with van der Waals surface area (Å²) in [5.74, 6) is 0.629. The molecule has 0 aliphatic rings. The Bertz CT molecular complexity index is 341. The van der Waals surface area contributed by atoms with Gasteiger partial charge in [0.25, 0.3) is 0 Å². The minimum Gasteiger partial charge on any atom is -0.349 e. The molecule has 66 valence electrons. The van der Waals surface area contributed by atoms with Crippen LogP contribution in [0.4, 0.5) is 5.95 Å². The van der Waals surface area contributed by atoms with E-state index in [1.165, 1.54) is 5.56 Å². The van der Waals surface area contributed by atoms with Crippen molar-refractivity contribution in [3.8, 4) is 0 Å². The first-order chi connectivity index (χ1) is 6.45. The molecule has 4 heteroatoms. The molecule has 0 aliphatic carbocycles. The number of anilines is 1. The Morgan fingerprint density at radius 1 is 1.23 bits per heavy atom. The van der Waals surface area contributed by atoms with Crippen LogP contribution in [-0.2, 0) is 6.54 Å². The van der Waals surface area contributed by atoms with Crippen LogP contribution in [0, 0.1) is 0 Å². The predicted octanol–water partition coefficient (Wildman–Crippen LogP) is 1.42. The fourth-order valence-electron chi connectivity index (χ4n) is 1.07. The molecule has 1 aromatic heterocycles. The molecular weight excluding hydrogens is 164 g/mol. The Morgan fingerprint density at radius 3 is 2.77 bits per heavy atom. The van der Waals surface area contributed by atoms with Gasteiger partial charge in [0.1, 0.15) is 6.33 Å². The van der Waals surface area contributed by atoms with Crippen molar-refractivity contribution in [1.82, 2.24) is 15.2 Å². The first-order valence-corrected chi connectivity index (χ1v) is 4.09. The Kier molecular flexibility index (Phi) is 2.22. The van der Waals surface area contributed by atoms with Crippen LogP contribution < -0.4 is 5.32 Å². The molecule has 1 heterocycles. The lowest BCUT2D eigenvalue weighted by Crippen LogP contribution is -2.00. The summed E-state index contributed by atoms with van der Waals surface area (Å²) in [5.41, 5.74) is 1.22. The number of H-pyrrole nitrogens is 1. The van der Waals surface area contributed by atoms with Gasteiger partial charge in [0, 0.05) is 6.54 Å². The van der Waals surface area contributed by atoms with Gasteiger partial charge in [-0.05, 0) is 5.56 Å². The molecule has 2 rings (SSSR count). The molecule has 0 bridgehead atoms. The van der Waals surface area contributed by atoms with Gasteiger partial charge in [-0.15, -0.1) is 5.10 Å². The van der Waals surface area contributed by atoms with Crippen LogP contribution in [0.5, 0.6) is 0 Å². The van der Waals surface area contributed by atoms with Crippen molar-refractivity contribution < 1.29 is 0 Å². The summed E-state index contributed by atoms with van der Waals surface area (Å²) >= 11 is 0. The van der Waals surface area contributed by atoms with Gasteiger partial charge in [-0.25, -0.2) is 4.98 Å². The topological polar surface area (TPSA) is 53.6 Å². The van der Waals surface area contributed by atoms with Gasteiger partial charge in [-0.1, -0.05) is 30.3 Å². The number of hydrogen-bond donors (Lipinski definition) is 2. The minimum absolute atomic E-state index is 0.629. The van der Waals surface area contributed by atoms with E-state index in [9.17, 15) is 0 Å². The highest BCUT2D eigenvalue weighted by Crippen LogP contribution is 2.01. The maximum atomic E-state index is 3.95. The average Bonchev–Trinajstić information content (AvgIpc) is 2.69. The summed E-state index contributed by atoms with van der Waals surface area (Å²) in [6.45, 7) is 0.749. The zero-order valence-electron chi connectivity index (χ0n) is 7.07. The van der Waals surface area contributed by atoms with Crippen molar-refractivity contribution in [2.45, 2.75) is 6.54 Å². The van der Waals surface area contributed by atoms with Gasteiger partial charge >= 0.3 is 0 Å². The van der Waals surface area contributed by atoms with E-state index < -0.39 is 0 Å². The van der Waals surface area contributed by atoms with Crippen LogP contribution in [0.1, 0.15) is 5.56 Å². The Hall–Kier alpha value is -1.84. The molecule has 0 saturated heterocycles. The van der Waals surface area contributed by atoms with Crippen molar-refractivity contribution in [2.75, 3.05) is 5.32 Å². The van der Waals surface area contributed by atoms with E-state index in [0.717, 1.165) is 6.54 Å². The second-order valence-corrected chi connectivity index (χ2v) is 2.66. The van der Waals surface area contributed by atoms with E-state index in [0.29, 0.717) is 5.95 Å². The molecular formula is C9H10N4. The summed E-state index contributed by atoms with van der Waals surface area (Å²) in [4.78, 5) is 3.95. The monoisotopic (exact) mass is 174 g/mol. The van der Waals surface area contributed by atoms with Crippen molar-refractivity contribution in [3.63, 3.8) is 0 Å². The molecule has 0 spiro atoms. The van der Waals surface area contributed by atoms with Crippen molar-refractivity contribution in [1.29, 1.82) is 0 Å². The number of hydrogen-bond acceptors (Lipinski definition) is 3. The highest BCUT2D eigenvalue weighted by molar-refractivity contribution is 5.25. The maximum absolute atomic E-state index is 3.95. The van der Waals surface area contributed by atoms with E-state index in [4.69, 9.17) is 0 Å². The van der Waals surface area contributed by atoms with Gasteiger partial charge in [0.2, 0.25) is 5.95 Å². The molecule has 0 aliphatic heterocycles. The van der Waals surface area contributed by atoms with E-state index >= 15 is 0 Å². The Labute approximate surface area is 76.0 Å². The van der Waals surface area contributed by atoms with Gasteiger partial charge in [0.15, 0.2) is 0 Å². The lowest BCUT2D eigenvalue weighted by Gasteiger charge is -2.00. The van der Waals surface area contributed by atoms with Gasteiger partial charge in [-0.2, -0.15) is 0 Å². The molecule has 1 aromatic carbocycles. The van der Waals surface area contributed by atoms with Crippen molar-refractivity contribution in [3.05, 3.63) is 42.2 Å². The number of aromatic nitrogens is 3. The lowest BCUT2D eigenvalue weighted by atomic mass is 10.2. The molecule has 0 atom stereocenters. The number of nitrogens with one attached hydrogen (secondary N) is 2. The van der Waals surface area contributed by atoms with Crippen molar-refractivity contribution in [2.24, 2.45) is 0 Å². The van der Waals surface area contributed by atoms with Crippen molar-refractivity contribution >= 4 is 5.95 Å². The normalized spacial score (nSPS) is 9.85. The van der Waals surface area contributed by atoms with Crippen LogP contribution >= 0.6 is 0 Å². The molecule has 0 radical (unpaired) electrons. The highest BCUT2D eigenvalue weighted by Gasteiger charge is 1.94. The third-order valence-corrected chi connectivity index (χ3v) is 1.71. The fourth-order valence-corrected chi connectivity index (χ4v) is 1.07. The van der Waals surface area contributed by atoms with E-state index in [2.05, 4.69) is 32.6 Å². The molecule has 0 amide bonds. The van der Waals surface area contributed by atoms with E-state index in [-0.39, 0.29) is 0 Å². The summed E-state index contributed by atoms with van der Waals surface area (Å²) in [6, 6.07) is 10.1. The van der Waals surface area contributed by atoms with Crippen LogP contribution in [0.25, 0.3) is 0 Å². The lowest BCUT2D eigenvalue weighted by molar-refractivity contribution is 1.04. The zero-order valence-corrected chi connectivity index (χ0v) is 7.07. The summed E-state index contributed by atoms with van der Waals surface area (Å²) in [6.07, 6.45) is 1.55. The zero-order chi connectivity index (χ0) is 8.93. The fraction of sp³-hybridized carbons (Fsp3) is 0.111. The van der Waals surface area contributed by atoms with E-state index in [1.54, 1.807) is 6.33 Å². The molecule has 0 unspecified atom stereocenters. The van der Waals surface area contributed by atoms with Crippen LogP contribution in [0.15, 0.2) is 36.7 Å². The summed E-state index contributed by atoms with van der Waals surface area (Å²) < 4.78 is 0. The molecule has 0 saturated carbocycles. The number of rotatable bonds is 3. The first-order valence-electron chi connectivity index (χ1n) is 4.09. The van der Waals surface area contributed by atoms with Crippen LogP contribution in [-0.4, -0.2) is 15.2 Å². The average molecular weight is 174 g/mol. The first kappa shape index (κ1) is 7.79. The molecule has 2 aromatic rings. The van der Waals surface area contributed by atoms with Gasteiger partial charge in [0.05, 0.1) is 0 Å². The minimum atomic E-state index is 0.629. The molecule has 4 nitrogen and oxygen atoms in total. The summed E-state index contributed by atoms with van der Waals surface area (Å²) in [5, 5.41) is 9.61. The SMILES string of the molecule is c1ccc(CNc2nc[nH]n2)cc1. The Morgan fingerprint density at radius 2 is 2.08 bits per heavy atom. The van der Waals surface area contributed by atoms with Gasteiger partial charge < -0.3 is 5.32 Å². The highest BCUT2D eigenvalue weighted by atomic mass is 15.3. The predicted molar refractivity (Wildman–Crippen MR) is 50.2 cm³/mol. The largest absolute Gasteiger partial charge is 0.349 e. The number of nitrogens with zero attached hydrogens (tertiary/aromatic N) is 2. The maximum Gasteiger partial charge on any atom is 0.242 e. The quantitative estimate of drug-likeness (QED) is 0.739. The summed E-state index contributed by atoms with van der Waals surface area (Å²) in [7, 11) is 0. The second-order valence-electron chi connectivity index (χ2n) is 2.66. The van der Waals surface area contributed by atoms with Crippen LogP contribution in [0.3, 0.4) is 0 Å². The van der Waals surface area contributed by atoms with Gasteiger partial charge in [-0.3, -0.25) is 5.10 Å². The second kappa shape index (κ2) is 3.71. The molecule has 13 heavy (non-hydrogen) atoms. The van der Waals surface area contributed by atoms with E-state index in [1.807, 2.05) is 18.2 Å². The van der Waals surface area contributed by atoms with Crippen LogP contribution in [0.2, 0.25) is 0 Å². The standard InChI is InChI=1S/C9H10N4/c1-2-4-8(5-3-1)6-10-9-11-7-12-13-9/h1-5,7H,6H2,(H2,10,11,12,13). The Balaban J connectivity index is 1.94.